The van der Waals surface area contributed by atoms with Crippen molar-refractivity contribution in [1.82, 2.24) is 19.6 Å². The number of amides is 1. The molecule has 1 amide bonds. The minimum atomic E-state index is -0.00841. The summed E-state index contributed by atoms with van der Waals surface area (Å²) in [6.07, 6.45) is 0. The maximum Gasteiger partial charge on any atom is 0.239 e. The van der Waals surface area contributed by atoms with E-state index in [2.05, 4.69) is 20.2 Å². The van der Waals surface area contributed by atoms with Crippen molar-refractivity contribution in [2.45, 2.75) is 13.5 Å². The summed E-state index contributed by atoms with van der Waals surface area (Å²) in [5, 5.41) is 7.18. The van der Waals surface area contributed by atoms with Crippen molar-refractivity contribution in [2.75, 3.05) is 52.3 Å². The second-order valence-corrected chi connectivity index (χ2v) is 7.07. The molecule has 0 unspecified atom stereocenters. The number of hydrogen-bond donors (Lipinski definition) is 1. The van der Waals surface area contributed by atoms with E-state index in [-0.39, 0.29) is 5.91 Å². The minimum Gasteiger partial charge on any atom is -0.497 e. The smallest absolute Gasteiger partial charge is 0.239 e. The molecule has 28 heavy (non-hydrogen) atoms. The Morgan fingerprint density at radius 1 is 1.11 bits per heavy atom. The van der Waals surface area contributed by atoms with Crippen LogP contribution >= 0.6 is 0 Å². The molecular weight excluding hydrogens is 358 g/mol. The van der Waals surface area contributed by atoms with E-state index in [0.29, 0.717) is 6.54 Å². The van der Waals surface area contributed by atoms with Crippen molar-refractivity contribution in [1.29, 1.82) is 0 Å². The number of hydrogen-bond acceptors (Lipinski definition) is 6. The number of benzene rings is 1. The van der Waals surface area contributed by atoms with Gasteiger partial charge in [0.2, 0.25) is 5.91 Å². The second-order valence-electron chi connectivity index (χ2n) is 7.07. The van der Waals surface area contributed by atoms with E-state index in [1.807, 2.05) is 38.2 Å². The number of carbonyl (C=O) groups excluding carboxylic acids is 1. The van der Waals surface area contributed by atoms with Crippen LogP contribution in [0.3, 0.4) is 0 Å². The van der Waals surface area contributed by atoms with Crippen molar-refractivity contribution in [3.05, 3.63) is 35.5 Å². The number of rotatable bonds is 7. The lowest BCUT2D eigenvalue weighted by atomic mass is 10.1. The molecule has 1 N–H and O–H groups in total. The lowest BCUT2D eigenvalue weighted by Crippen LogP contribution is -2.48. The number of aryl methyl sites for hydroxylation is 2. The van der Waals surface area contributed by atoms with Crippen molar-refractivity contribution < 1.29 is 14.3 Å². The number of anilines is 1. The fourth-order valence-corrected chi connectivity index (χ4v) is 3.46. The predicted molar refractivity (Wildman–Crippen MR) is 108 cm³/mol. The van der Waals surface area contributed by atoms with Gasteiger partial charge in [0.15, 0.2) is 0 Å². The zero-order chi connectivity index (χ0) is 20.1. The SMILES string of the molecule is COc1ccc(OC)c(CN2CCN(CC(=O)Nc3cc(C)nn3C)CC2)c1. The van der Waals surface area contributed by atoms with Crippen molar-refractivity contribution >= 4 is 11.7 Å². The highest BCUT2D eigenvalue weighted by Gasteiger charge is 2.20. The van der Waals surface area contributed by atoms with Gasteiger partial charge in [-0.15, -0.1) is 0 Å². The first-order valence-corrected chi connectivity index (χ1v) is 9.44. The van der Waals surface area contributed by atoms with Gasteiger partial charge >= 0.3 is 0 Å². The fraction of sp³-hybridized carbons (Fsp3) is 0.500. The summed E-state index contributed by atoms with van der Waals surface area (Å²) in [7, 11) is 5.18. The molecule has 0 aliphatic carbocycles. The van der Waals surface area contributed by atoms with Gasteiger partial charge < -0.3 is 14.8 Å². The van der Waals surface area contributed by atoms with Crippen LogP contribution in [-0.4, -0.2) is 72.4 Å². The lowest BCUT2D eigenvalue weighted by Gasteiger charge is -2.34. The summed E-state index contributed by atoms with van der Waals surface area (Å²) in [6.45, 7) is 6.60. The van der Waals surface area contributed by atoms with E-state index in [1.54, 1.807) is 18.9 Å². The summed E-state index contributed by atoms with van der Waals surface area (Å²) in [5.74, 6) is 2.42. The Balaban J connectivity index is 1.49. The zero-order valence-electron chi connectivity index (χ0n) is 17.1. The number of piperazine rings is 1. The number of methoxy groups -OCH3 is 2. The summed E-state index contributed by atoms with van der Waals surface area (Å²) in [6, 6.07) is 7.74. The van der Waals surface area contributed by atoms with E-state index >= 15 is 0 Å². The maximum absolute atomic E-state index is 12.3. The van der Waals surface area contributed by atoms with Gasteiger partial charge in [-0.05, 0) is 25.1 Å². The quantitative estimate of drug-likeness (QED) is 0.776. The van der Waals surface area contributed by atoms with Crippen molar-refractivity contribution in [2.24, 2.45) is 7.05 Å². The Bertz CT molecular complexity index is 812. The maximum atomic E-state index is 12.3. The van der Waals surface area contributed by atoms with Gasteiger partial charge in [-0.2, -0.15) is 5.10 Å². The van der Waals surface area contributed by atoms with Crippen LogP contribution in [0.2, 0.25) is 0 Å². The molecule has 0 spiro atoms. The number of nitrogens with zero attached hydrogens (tertiary/aromatic N) is 4. The van der Waals surface area contributed by atoms with E-state index in [0.717, 1.165) is 61.3 Å². The third-order valence-electron chi connectivity index (χ3n) is 4.98. The van der Waals surface area contributed by atoms with Crippen LogP contribution in [0, 0.1) is 6.92 Å². The van der Waals surface area contributed by atoms with Crippen LogP contribution in [0.1, 0.15) is 11.3 Å². The Hall–Kier alpha value is -2.58. The molecule has 8 nitrogen and oxygen atoms in total. The number of carbonyl (C=O) groups is 1. The summed E-state index contributed by atoms with van der Waals surface area (Å²) in [4.78, 5) is 16.9. The summed E-state index contributed by atoms with van der Waals surface area (Å²) >= 11 is 0. The molecule has 1 saturated heterocycles. The molecule has 1 aromatic heterocycles. The van der Waals surface area contributed by atoms with Gasteiger partial charge in [0.1, 0.15) is 17.3 Å². The monoisotopic (exact) mass is 387 g/mol. The third kappa shape index (κ3) is 5.02. The van der Waals surface area contributed by atoms with Crippen LogP contribution in [-0.2, 0) is 18.4 Å². The molecule has 1 fully saturated rings. The zero-order valence-corrected chi connectivity index (χ0v) is 17.1. The van der Waals surface area contributed by atoms with Crippen LogP contribution in [0.25, 0.3) is 0 Å². The first kappa shape index (κ1) is 20.2. The topological polar surface area (TPSA) is 71.9 Å². The highest BCUT2D eigenvalue weighted by Crippen LogP contribution is 2.25. The second kappa shape index (κ2) is 9.07. The van der Waals surface area contributed by atoms with Gasteiger partial charge in [-0.3, -0.25) is 19.3 Å². The Morgan fingerprint density at radius 3 is 2.43 bits per heavy atom. The number of aromatic nitrogens is 2. The first-order valence-electron chi connectivity index (χ1n) is 9.44. The molecule has 2 heterocycles. The van der Waals surface area contributed by atoms with Gasteiger partial charge in [0.25, 0.3) is 0 Å². The first-order chi connectivity index (χ1) is 13.5. The van der Waals surface area contributed by atoms with E-state index in [1.165, 1.54) is 0 Å². The molecule has 1 aliphatic heterocycles. The van der Waals surface area contributed by atoms with Crippen LogP contribution < -0.4 is 14.8 Å². The molecule has 2 aromatic rings. The van der Waals surface area contributed by atoms with Crippen LogP contribution in [0.15, 0.2) is 24.3 Å². The lowest BCUT2D eigenvalue weighted by molar-refractivity contribution is -0.117. The molecule has 1 aliphatic rings. The Kier molecular flexibility index (Phi) is 6.53. The van der Waals surface area contributed by atoms with Crippen molar-refractivity contribution in [3.63, 3.8) is 0 Å². The molecule has 0 saturated carbocycles. The molecule has 0 atom stereocenters. The largest absolute Gasteiger partial charge is 0.497 e. The van der Waals surface area contributed by atoms with Crippen LogP contribution in [0.5, 0.6) is 11.5 Å². The highest BCUT2D eigenvalue weighted by molar-refractivity contribution is 5.91. The molecule has 3 rings (SSSR count). The molecule has 1 aromatic carbocycles. The van der Waals surface area contributed by atoms with E-state index < -0.39 is 0 Å². The highest BCUT2D eigenvalue weighted by atomic mass is 16.5. The van der Waals surface area contributed by atoms with Crippen LogP contribution in [0.4, 0.5) is 5.82 Å². The molecule has 8 heteroatoms. The van der Waals surface area contributed by atoms with Gasteiger partial charge in [0.05, 0.1) is 26.5 Å². The van der Waals surface area contributed by atoms with Gasteiger partial charge in [-0.25, -0.2) is 0 Å². The predicted octanol–water partition coefficient (Wildman–Crippen LogP) is 1.50. The molecule has 0 bridgehead atoms. The molecule has 0 radical (unpaired) electrons. The van der Waals surface area contributed by atoms with Crippen molar-refractivity contribution in [3.8, 4) is 11.5 Å². The number of ether oxygens (including phenoxy) is 2. The Labute approximate surface area is 166 Å². The van der Waals surface area contributed by atoms with E-state index in [9.17, 15) is 4.79 Å². The van der Waals surface area contributed by atoms with Gasteiger partial charge in [0, 0.05) is 51.4 Å². The van der Waals surface area contributed by atoms with Gasteiger partial charge in [-0.1, -0.05) is 0 Å². The summed E-state index contributed by atoms with van der Waals surface area (Å²) < 4.78 is 12.5. The average Bonchev–Trinajstić information content (AvgIpc) is 3.00. The normalized spacial score (nSPS) is 15.4. The molecular formula is C20H29N5O3. The average molecular weight is 387 g/mol. The third-order valence-corrected chi connectivity index (χ3v) is 4.98. The number of nitrogens with one attached hydrogen (secondary N) is 1. The minimum absolute atomic E-state index is 0.00841. The summed E-state index contributed by atoms with van der Waals surface area (Å²) in [5.41, 5.74) is 2.00. The molecule has 152 valence electrons. The standard InChI is InChI=1S/C20H29N5O3/c1-15-11-19(23(2)22-15)21-20(26)14-25-9-7-24(8-10-25)13-16-12-17(27-3)5-6-18(16)28-4/h5-6,11-12H,7-10,13-14H2,1-4H3,(H,21,26). The fourth-order valence-electron chi connectivity index (χ4n) is 3.46. The Morgan fingerprint density at radius 2 is 1.82 bits per heavy atom. The van der Waals surface area contributed by atoms with E-state index in [4.69, 9.17) is 9.47 Å².